The van der Waals surface area contributed by atoms with Gasteiger partial charge in [0.05, 0.1) is 6.33 Å². The van der Waals surface area contributed by atoms with Crippen molar-refractivity contribution in [1.29, 1.82) is 0 Å². The summed E-state index contributed by atoms with van der Waals surface area (Å²) in [5.74, 6) is 0. The molecule has 0 aliphatic rings. The molecule has 0 radical (unpaired) electrons. The van der Waals surface area contributed by atoms with Gasteiger partial charge in [-0.2, -0.15) is 0 Å². The minimum atomic E-state index is 0.614. The highest BCUT2D eigenvalue weighted by Crippen LogP contribution is 1.98. The zero-order valence-electron chi connectivity index (χ0n) is 9.24. The van der Waals surface area contributed by atoms with E-state index >= 15 is 0 Å². The van der Waals surface area contributed by atoms with Crippen molar-refractivity contribution in [2.45, 2.75) is 45.7 Å². The van der Waals surface area contributed by atoms with Crippen molar-refractivity contribution in [2.24, 2.45) is 0 Å². The van der Waals surface area contributed by atoms with E-state index in [1.54, 1.807) is 0 Å². The predicted octanol–water partition coefficient (Wildman–Crippen LogP) is 2.05. The van der Waals surface area contributed by atoms with E-state index in [1.165, 1.54) is 19.3 Å². The number of nitrogens with zero attached hydrogens (tertiary/aromatic N) is 2. The first-order valence-electron chi connectivity index (χ1n) is 5.48. The fourth-order valence-corrected chi connectivity index (χ4v) is 1.41. The molecule has 0 amide bonds. The number of nitrogens with one attached hydrogen (secondary N) is 1. The Hall–Kier alpha value is -0.830. The quantitative estimate of drug-likeness (QED) is 0.675. The van der Waals surface area contributed by atoms with E-state index in [0.717, 1.165) is 13.1 Å². The number of rotatable bonds is 7. The molecule has 0 saturated heterocycles. The molecule has 0 unspecified atom stereocenters. The Bertz CT molecular complexity index is 216. The molecule has 1 N–H and O–H groups in total. The Balaban J connectivity index is 1.90. The SMILES string of the molecule is CC(C)NCCCCCn1ccnc1. The first kappa shape index (κ1) is 11.2. The van der Waals surface area contributed by atoms with Crippen LogP contribution in [0.5, 0.6) is 0 Å². The Morgan fingerprint density at radius 2 is 2.14 bits per heavy atom. The fourth-order valence-electron chi connectivity index (χ4n) is 1.41. The summed E-state index contributed by atoms with van der Waals surface area (Å²) in [4.78, 5) is 4.01. The maximum absolute atomic E-state index is 4.01. The largest absolute Gasteiger partial charge is 0.337 e. The lowest BCUT2D eigenvalue weighted by Crippen LogP contribution is -2.23. The molecule has 3 heteroatoms. The predicted molar refractivity (Wildman–Crippen MR) is 59.2 cm³/mol. The lowest BCUT2D eigenvalue weighted by atomic mass is 10.2. The first-order valence-corrected chi connectivity index (χ1v) is 5.48. The van der Waals surface area contributed by atoms with Gasteiger partial charge in [0.25, 0.3) is 0 Å². The number of aryl methyl sites for hydroxylation is 1. The van der Waals surface area contributed by atoms with Crippen molar-refractivity contribution in [2.75, 3.05) is 6.54 Å². The molecule has 1 rings (SSSR count). The molecule has 0 atom stereocenters. The molecule has 0 saturated carbocycles. The standard InChI is InChI=1S/C11H21N3/c1-11(2)13-6-4-3-5-8-14-9-7-12-10-14/h7,9-11,13H,3-6,8H2,1-2H3. The van der Waals surface area contributed by atoms with E-state index < -0.39 is 0 Å². The number of aromatic nitrogens is 2. The summed E-state index contributed by atoms with van der Waals surface area (Å²) < 4.78 is 2.13. The second kappa shape index (κ2) is 6.60. The van der Waals surface area contributed by atoms with Crippen LogP contribution in [0.25, 0.3) is 0 Å². The molecule has 0 aliphatic heterocycles. The van der Waals surface area contributed by atoms with Crippen molar-refractivity contribution >= 4 is 0 Å². The smallest absolute Gasteiger partial charge is 0.0945 e. The molecule has 1 aromatic rings. The van der Waals surface area contributed by atoms with Crippen LogP contribution in [0, 0.1) is 0 Å². The lowest BCUT2D eigenvalue weighted by Gasteiger charge is -2.07. The van der Waals surface area contributed by atoms with Crippen LogP contribution in [0.2, 0.25) is 0 Å². The summed E-state index contributed by atoms with van der Waals surface area (Å²) in [5.41, 5.74) is 0. The highest BCUT2D eigenvalue weighted by atomic mass is 15.0. The van der Waals surface area contributed by atoms with Gasteiger partial charge in [0.1, 0.15) is 0 Å². The molecule has 0 spiro atoms. The molecule has 1 aromatic heterocycles. The highest BCUT2D eigenvalue weighted by molar-refractivity contribution is 4.73. The van der Waals surface area contributed by atoms with Gasteiger partial charge in [-0.15, -0.1) is 0 Å². The second-order valence-electron chi connectivity index (χ2n) is 3.97. The normalized spacial score (nSPS) is 11.1. The Labute approximate surface area is 86.5 Å². The van der Waals surface area contributed by atoms with Gasteiger partial charge in [-0.3, -0.25) is 0 Å². The van der Waals surface area contributed by atoms with E-state index in [9.17, 15) is 0 Å². The van der Waals surface area contributed by atoms with Gasteiger partial charge in [0.15, 0.2) is 0 Å². The fraction of sp³-hybridized carbons (Fsp3) is 0.727. The summed E-state index contributed by atoms with van der Waals surface area (Å²) in [5, 5.41) is 3.42. The molecule has 80 valence electrons. The Kier molecular flexibility index (Phi) is 5.30. The van der Waals surface area contributed by atoms with Gasteiger partial charge in [0, 0.05) is 25.0 Å². The van der Waals surface area contributed by atoms with Crippen LogP contribution < -0.4 is 5.32 Å². The van der Waals surface area contributed by atoms with Crippen molar-refractivity contribution in [3.8, 4) is 0 Å². The van der Waals surface area contributed by atoms with Crippen molar-refractivity contribution < 1.29 is 0 Å². The summed E-state index contributed by atoms with van der Waals surface area (Å²) in [6.07, 6.45) is 9.54. The van der Waals surface area contributed by atoms with E-state index in [-0.39, 0.29) is 0 Å². The van der Waals surface area contributed by atoms with Crippen molar-refractivity contribution in [1.82, 2.24) is 14.9 Å². The lowest BCUT2D eigenvalue weighted by molar-refractivity contribution is 0.528. The maximum Gasteiger partial charge on any atom is 0.0945 e. The monoisotopic (exact) mass is 195 g/mol. The van der Waals surface area contributed by atoms with Gasteiger partial charge in [-0.05, 0) is 19.4 Å². The molecule has 0 aromatic carbocycles. The van der Waals surface area contributed by atoms with Gasteiger partial charge in [-0.25, -0.2) is 4.98 Å². The number of hydrogen-bond donors (Lipinski definition) is 1. The second-order valence-corrected chi connectivity index (χ2v) is 3.97. The molecule has 0 fully saturated rings. The van der Waals surface area contributed by atoms with Crippen molar-refractivity contribution in [3.05, 3.63) is 18.7 Å². The summed E-state index contributed by atoms with van der Waals surface area (Å²) in [6.45, 7) is 6.61. The number of unbranched alkanes of at least 4 members (excludes halogenated alkanes) is 2. The molecule has 14 heavy (non-hydrogen) atoms. The topological polar surface area (TPSA) is 29.9 Å². The molecular weight excluding hydrogens is 174 g/mol. The van der Waals surface area contributed by atoms with Crippen LogP contribution in [0.3, 0.4) is 0 Å². The van der Waals surface area contributed by atoms with E-state index in [2.05, 4.69) is 28.7 Å². The molecule has 0 aliphatic carbocycles. The van der Waals surface area contributed by atoms with Gasteiger partial charge >= 0.3 is 0 Å². The van der Waals surface area contributed by atoms with E-state index in [0.29, 0.717) is 6.04 Å². The van der Waals surface area contributed by atoms with Crippen LogP contribution in [-0.2, 0) is 6.54 Å². The van der Waals surface area contributed by atoms with Crippen LogP contribution >= 0.6 is 0 Å². The third-order valence-electron chi connectivity index (χ3n) is 2.20. The third-order valence-corrected chi connectivity index (χ3v) is 2.20. The summed E-state index contributed by atoms with van der Waals surface area (Å²) >= 11 is 0. The molecule has 3 nitrogen and oxygen atoms in total. The molecule has 1 heterocycles. The first-order chi connectivity index (χ1) is 6.79. The van der Waals surface area contributed by atoms with Gasteiger partial charge in [0.2, 0.25) is 0 Å². The van der Waals surface area contributed by atoms with E-state index in [4.69, 9.17) is 0 Å². The Morgan fingerprint density at radius 1 is 1.29 bits per heavy atom. The Morgan fingerprint density at radius 3 is 2.79 bits per heavy atom. The van der Waals surface area contributed by atoms with Crippen LogP contribution in [0.1, 0.15) is 33.1 Å². The average Bonchev–Trinajstić information content (AvgIpc) is 2.63. The van der Waals surface area contributed by atoms with Crippen LogP contribution in [-0.4, -0.2) is 22.1 Å². The number of hydrogen-bond acceptors (Lipinski definition) is 2. The summed E-state index contributed by atoms with van der Waals surface area (Å²) in [6, 6.07) is 0.614. The zero-order chi connectivity index (χ0) is 10.2. The highest BCUT2D eigenvalue weighted by Gasteiger charge is 1.93. The van der Waals surface area contributed by atoms with Crippen LogP contribution in [0.4, 0.5) is 0 Å². The molecular formula is C11H21N3. The maximum atomic E-state index is 4.01. The molecule has 0 bridgehead atoms. The third kappa shape index (κ3) is 5.02. The average molecular weight is 195 g/mol. The number of imidazole rings is 1. The van der Waals surface area contributed by atoms with Gasteiger partial charge < -0.3 is 9.88 Å². The van der Waals surface area contributed by atoms with Crippen molar-refractivity contribution in [3.63, 3.8) is 0 Å². The zero-order valence-corrected chi connectivity index (χ0v) is 9.24. The van der Waals surface area contributed by atoms with Crippen LogP contribution in [0.15, 0.2) is 18.7 Å². The minimum Gasteiger partial charge on any atom is -0.337 e. The van der Waals surface area contributed by atoms with Gasteiger partial charge in [-0.1, -0.05) is 20.3 Å². The minimum absolute atomic E-state index is 0.614. The summed E-state index contributed by atoms with van der Waals surface area (Å²) in [7, 11) is 0. The van der Waals surface area contributed by atoms with E-state index in [1.807, 2.05) is 18.7 Å².